The Morgan fingerprint density at radius 3 is 2.39 bits per heavy atom. The number of alkyl halides is 4. The van der Waals surface area contributed by atoms with Crippen molar-refractivity contribution < 1.29 is 27.1 Å². The molecular weight excluding hydrogens is 540 g/mol. The monoisotopic (exact) mass is 574 g/mol. The lowest BCUT2D eigenvalue weighted by Crippen LogP contribution is -2.37. The van der Waals surface area contributed by atoms with E-state index in [1.165, 1.54) is 22.0 Å². The minimum Gasteiger partial charge on any atom is -0.443 e. The molecule has 1 aromatic heterocycles. The number of carbonyl (C=O) groups excluding carboxylic acids is 1. The van der Waals surface area contributed by atoms with Gasteiger partial charge >= 0.3 is 12.3 Å². The summed E-state index contributed by atoms with van der Waals surface area (Å²) in [6.45, 7) is 4.82. The molecule has 2 aliphatic rings. The Hall–Kier alpha value is -3.70. The summed E-state index contributed by atoms with van der Waals surface area (Å²) in [6, 6.07) is 7.07. The van der Waals surface area contributed by atoms with Gasteiger partial charge in [-0.25, -0.2) is 9.18 Å². The predicted octanol–water partition coefficient (Wildman–Crippen LogP) is 6.47. The van der Waals surface area contributed by atoms with Crippen LogP contribution >= 0.6 is 0 Å². The zero-order valence-electron chi connectivity index (χ0n) is 23.6. The molecule has 0 radical (unpaired) electrons. The van der Waals surface area contributed by atoms with Gasteiger partial charge in [-0.05, 0) is 104 Å². The summed E-state index contributed by atoms with van der Waals surface area (Å²) in [4.78, 5) is 18.1. The Bertz CT molecular complexity index is 1430. The third-order valence-electron chi connectivity index (χ3n) is 7.38. The number of amides is 1. The van der Waals surface area contributed by atoms with Crippen LogP contribution in [0.15, 0.2) is 30.3 Å². The molecule has 3 aromatic rings. The lowest BCUT2D eigenvalue weighted by molar-refractivity contribution is -0.137. The highest BCUT2D eigenvalue weighted by Crippen LogP contribution is 2.42. The van der Waals surface area contributed by atoms with Crippen LogP contribution in [0.1, 0.15) is 79.5 Å². The molecule has 41 heavy (non-hydrogen) atoms. The Morgan fingerprint density at radius 2 is 1.76 bits per heavy atom. The lowest BCUT2D eigenvalue weighted by Gasteiger charge is -2.33. The molecule has 1 aliphatic carbocycles. The van der Waals surface area contributed by atoms with Crippen molar-refractivity contribution in [1.82, 2.24) is 20.2 Å². The molecule has 1 amide bonds. The fraction of sp³-hybridized carbons (Fsp3) is 0.517. The highest BCUT2D eigenvalue weighted by molar-refractivity contribution is 5.90. The molecule has 8 nitrogen and oxygen atoms in total. The van der Waals surface area contributed by atoms with Crippen LogP contribution in [-0.4, -0.2) is 38.4 Å². The number of benzene rings is 2. The van der Waals surface area contributed by atoms with Crippen LogP contribution in [0, 0.1) is 0 Å². The summed E-state index contributed by atoms with van der Waals surface area (Å²) in [5.41, 5.74) is 2.53. The zero-order valence-corrected chi connectivity index (χ0v) is 23.6. The number of carbonyl (C=O) groups is 1. The van der Waals surface area contributed by atoms with Crippen molar-refractivity contribution in [2.24, 2.45) is 7.05 Å². The molecule has 1 atom stereocenters. The van der Waals surface area contributed by atoms with Crippen molar-refractivity contribution >= 4 is 17.7 Å². The van der Waals surface area contributed by atoms with E-state index in [1.54, 1.807) is 11.9 Å². The SMILES string of the molecule is Cn1nnc(N(Cc2cc(CF)cc(C(F)(F)F)c2)[C@H]2CCCN(C(=O)OC(C)(C)C)c3cc4c(cc32)CCC4)n1. The fourth-order valence-electron chi connectivity index (χ4n) is 5.68. The first kappa shape index (κ1) is 28.8. The summed E-state index contributed by atoms with van der Waals surface area (Å²) in [5.74, 6) is 0.230. The minimum absolute atomic E-state index is 0.0176. The standard InChI is InChI=1S/C29H34F4N6O2/c1-28(2,3)41-27(40)38-10-6-9-24(23-14-20-7-5-8-21(20)15-25(23)38)39(26-34-36-37(4)35-26)17-19-11-18(16-30)12-22(13-19)29(31,32)33/h11-15,24H,5-10,16-17H2,1-4H3/t24-/m0/s1. The Kier molecular flexibility index (Phi) is 7.69. The summed E-state index contributed by atoms with van der Waals surface area (Å²) in [5, 5.41) is 12.6. The maximum absolute atomic E-state index is 13.7. The molecular formula is C29H34F4N6O2. The van der Waals surface area contributed by atoms with Gasteiger partial charge in [-0.1, -0.05) is 17.2 Å². The van der Waals surface area contributed by atoms with Gasteiger partial charge in [0.25, 0.3) is 5.95 Å². The molecule has 0 saturated carbocycles. The van der Waals surface area contributed by atoms with Crippen LogP contribution in [0.3, 0.4) is 0 Å². The van der Waals surface area contributed by atoms with E-state index in [-0.39, 0.29) is 23.6 Å². The third kappa shape index (κ3) is 6.31. The van der Waals surface area contributed by atoms with E-state index in [2.05, 4.69) is 21.5 Å². The average Bonchev–Trinajstić information content (AvgIpc) is 3.49. The molecule has 220 valence electrons. The van der Waals surface area contributed by atoms with Crippen LogP contribution < -0.4 is 9.80 Å². The number of aromatic nitrogens is 4. The number of rotatable bonds is 5. The summed E-state index contributed by atoms with van der Waals surface area (Å²) < 4.78 is 60.5. The second-order valence-electron chi connectivity index (χ2n) is 11.7. The van der Waals surface area contributed by atoms with Crippen molar-refractivity contribution in [3.8, 4) is 0 Å². The largest absolute Gasteiger partial charge is 0.443 e. The Balaban J connectivity index is 1.62. The van der Waals surface area contributed by atoms with E-state index in [1.807, 2.05) is 31.7 Å². The molecule has 2 aromatic carbocycles. The van der Waals surface area contributed by atoms with E-state index in [9.17, 15) is 22.4 Å². The molecule has 0 unspecified atom stereocenters. The molecule has 0 saturated heterocycles. The number of halogens is 4. The smallest absolute Gasteiger partial charge is 0.416 e. The van der Waals surface area contributed by atoms with Gasteiger partial charge in [0, 0.05) is 13.1 Å². The lowest BCUT2D eigenvalue weighted by atomic mass is 9.95. The highest BCUT2D eigenvalue weighted by Gasteiger charge is 2.36. The number of aryl methyl sites for hydroxylation is 3. The van der Waals surface area contributed by atoms with Gasteiger partial charge < -0.3 is 9.64 Å². The van der Waals surface area contributed by atoms with Crippen molar-refractivity contribution in [3.63, 3.8) is 0 Å². The average molecular weight is 575 g/mol. The molecule has 0 spiro atoms. The van der Waals surface area contributed by atoms with Crippen LogP contribution in [0.2, 0.25) is 0 Å². The molecule has 2 heterocycles. The summed E-state index contributed by atoms with van der Waals surface area (Å²) >= 11 is 0. The zero-order chi connectivity index (χ0) is 29.5. The topological polar surface area (TPSA) is 76.4 Å². The normalized spacial score (nSPS) is 17.2. The molecule has 0 fully saturated rings. The summed E-state index contributed by atoms with van der Waals surface area (Å²) in [6.07, 6.45) is -1.11. The molecule has 5 rings (SSSR count). The van der Waals surface area contributed by atoms with Gasteiger partial charge in [0.15, 0.2) is 0 Å². The van der Waals surface area contributed by atoms with E-state index < -0.39 is 36.2 Å². The van der Waals surface area contributed by atoms with Crippen LogP contribution in [0.25, 0.3) is 0 Å². The number of ether oxygens (including phenoxy) is 1. The second kappa shape index (κ2) is 10.9. The van der Waals surface area contributed by atoms with Gasteiger partial charge in [0.05, 0.1) is 24.3 Å². The van der Waals surface area contributed by atoms with E-state index in [0.717, 1.165) is 37.0 Å². The minimum atomic E-state index is -4.63. The van der Waals surface area contributed by atoms with Gasteiger partial charge in [-0.3, -0.25) is 4.90 Å². The van der Waals surface area contributed by atoms with Crippen molar-refractivity contribution in [3.05, 3.63) is 63.7 Å². The van der Waals surface area contributed by atoms with Crippen molar-refractivity contribution in [1.29, 1.82) is 0 Å². The third-order valence-corrected chi connectivity index (χ3v) is 7.38. The second-order valence-corrected chi connectivity index (χ2v) is 11.7. The first-order valence-corrected chi connectivity index (χ1v) is 13.8. The van der Waals surface area contributed by atoms with Gasteiger partial charge in [-0.15, -0.1) is 5.10 Å². The molecule has 12 heteroatoms. The van der Waals surface area contributed by atoms with Gasteiger partial charge in [0.2, 0.25) is 0 Å². The fourth-order valence-corrected chi connectivity index (χ4v) is 5.68. The number of hydrogen-bond acceptors (Lipinski definition) is 6. The predicted molar refractivity (Wildman–Crippen MR) is 145 cm³/mol. The van der Waals surface area contributed by atoms with Crippen LogP contribution in [0.5, 0.6) is 0 Å². The Labute approximate surface area is 236 Å². The first-order chi connectivity index (χ1) is 19.3. The molecule has 0 N–H and O–H groups in total. The van der Waals surface area contributed by atoms with Crippen LogP contribution in [-0.2, 0) is 44.0 Å². The van der Waals surface area contributed by atoms with E-state index in [4.69, 9.17) is 4.74 Å². The van der Waals surface area contributed by atoms with Gasteiger partial charge in [0.1, 0.15) is 12.3 Å². The number of anilines is 2. The summed E-state index contributed by atoms with van der Waals surface area (Å²) in [7, 11) is 1.61. The quantitative estimate of drug-likeness (QED) is 0.325. The van der Waals surface area contributed by atoms with Crippen molar-refractivity contribution in [2.45, 2.75) is 83.9 Å². The maximum atomic E-state index is 13.7. The van der Waals surface area contributed by atoms with Crippen LogP contribution in [0.4, 0.5) is 34.0 Å². The van der Waals surface area contributed by atoms with Gasteiger partial charge in [-0.2, -0.15) is 18.0 Å². The van der Waals surface area contributed by atoms with Crippen molar-refractivity contribution in [2.75, 3.05) is 16.3 Å². The number of tetrazole rings is 1. The molecule has 1 aliphatic heterocycles. The molecule has 0 bridgehead atoms. The number of fused-ring (bicyclic) bond motifs is 2. The number of hydrogen-bond donors (Lipinski definition) is 0. The maximum Gasteiger partial charge on any atom is 0.416 e. The van der Waals surface area contributed by atoms with E-state index in [0.29, 0.717) is 25.1 Å². The highest BCUT2D eigenvalue weighted by atomic mass is 19.4. The number of nitrogens with zero attached hydrogens (tertiary/aromatic N) is 6. The Morgan fingerprint density at radius 1 is 1.05 bits per heavy atom. The first-order valence-electron chi connectivity index (χ1n) is 13.8. The van der Waals surface area contributed by atoms with E-state index >= 15 is 0 Å².